The molecule has 0 saturated carbocycles. The predicted molar refractivity (Wildman–Crippen MR) is 59.0 cm³/mol. The monoisotopic (exact) mass is 252 g/mol. The minimum atomic E-state index is -0.647. The van der Waals surface area contributed by atoms with Gasteiger partial charge >= 0.3 is 6.01 Å². The maximum atomic E-state index is 12.8. The summed E-state index contributed by atoms with van der Waals surface area (Å²) in [6, 6.07) is 3.13. The fraction of sp³-hybridized carbons (Fsp3) is 0.100. The fourth-order valence-electron chi connectivity index (χ4n) is 1.27. The van der Waals surface area contributed by atoms with Crippen LogP contribution >= 0.6 is 0 Å². The number of nitrogens with one attached hydrogen (secondary N) is 2. The van der Waals surface area contributed by atoms with Gasteiger partial charge in [0.15, 0.2) is 0 Å². The second-order valence-electron chi connectivity index (χ2n) is 3.29. The van der Waals surface area contributed by atoms with Gasteiger partial charge in [-0.2, -0.15) is 4.98 Å². The second kappa shape index (κ2) is 4.70. The van der Waals surface area contributed by atoms with Gasteiger partial charge in [-0.25, -0.2) is 9.49 Å². The highest BCUT2D eigenvalue weighted by Crippen LogP contribution is 2.19. The van der Waals surface area contributed by atoms with E-state index in [2.05, 4.69) is 20.5 Å². The van der Waals surface area contributed by atoms with E-state index in [0.29, 0.717) is 0 Å². The van der Waals surface area contributed by atoms with E-state index in [0.717, 1.165) is 18.2 Å². The van der Waals surface area contributed by atoms with E-state index in [1.807, 2.05) is 0 Å². The predicted octanol–water partition coefficient (Wildman–Crippen LogP) is 0.910. The van der Waals surface area contributed by atoms with Crippen LogP contribution in [-0.4, -0.2) is 33.3 Å². The van der Waals surface area contributed by atoms with Gasteiger partial charge in [0, 0.05) is 6.07 Å². The van der Waals surface area contributed by atoms with Crippen LogP contribution < -0.4 is 10.1 Å². The Morgan fingerprint density at radius 2 is 2.33 bits per heavy atom. The molecule has 8 heteroatoms. The highest BCUT2D eigenvalue weighted by atomic mass is 19.1. The van der Waals surface area contributed by atoms with Crippen molar-refractivity contribution in [2.45, 2.75) is 0 Å². The number of hydrogen-bond acceptors (Lipinski definition) is 5. The molecule has 2 rings (SSSR count). The number of halogens is 1. The Kier molecular flexibility index (Phi) is 3.09. The van der Waals surface area contributed by atoms with Gasteiger partial charge in [0.2, 0.25) is 5.95 Å². The zero-order chi connectivity index (χ0) is 13.1. The molecule has 3 N–H and O–H groups in total. The number of nitrogens with zero attached hydrogens (tertiary/aromatic N) is 2. The standard InChI is InChI=1S/C10H9FN4O3/c1-18-10-13-9(14-15-10)12-8(17)6-3-2-5(11)4-7(6)16/h2-4,16H,1H3,(H2,12,13,14,15,17). The molecule has 0 aliphatic heterocycles. The normalized spacial score (nSPS) is 10.1. The number of carbonyl (C=O) groups excluding carboxylic acids is 1. The molecule has 0 fully saturated rings. The highest BCUT2D eigenvalue weighted by molar-refractivity contribution is 6.05. The molecule has 0 saturated heterocycles. The summed E-state index contributed by atoms with van der Waals surface area (Å²) in [4.78, 5) is 15.5. The molecule has 7 nitrogen and oxygen atoms in total. The molecule has 2 aromatic rings. The van der Waals surface area contributed by atoms with E-state index in [9.17, 15) is 14.3 Å². The Bertz CT molecular complexity index is 584. The van der Waals surface area contributed by atoms with Crippen LogP contribution in [-0.2, 0) is 0 Å². The Labute approximate surface area is 101 Å². The first-order chi connectivity index (χ1) is 8.60. The number of anilines is 1. The van der Waals surface area contributed by atoms with Gasteiger partial charge in [0.1, 0.15) is 11.6 Å². The number of amides is 1. The molecule has 94 valence electrons. The highest BCUT2D eigenvalue weighted by Gasteiger charge is 2.14. The van der Waals surface area contributed by atoms with E-state index in [4.69, 9.17) is 4.74 Å². The lowest BCUT2D eigenvalue weighted by molar-refractivity contribution is 0.102. The first-order valence-electron chi connectivity index (χ1n) is 4.86. The fourth-order valence-corrected chi connectivity index (χ4v) is 1.27. The number of aromatic hydroxyl groups is 1. The average molecular weight is 252 g/mol. The Balaban J connectivity index is 2.16. The van der Waals surface area contributed by atoms with Gasteiger partial charge in [-0.1, -0.05) is 0 Å². The quantitative estimate of drug-likeness (QED) is 0.753. The zero-order valence-electron chi connectivity index (χ0n) is 9.27. The maximum absolute atomic E-state index is 12.8. The Morgan fingerprint density at radius 3 is 2.94 bits per heavy atom. The van der Waals surface area contributed by atoms with Crippen LogP contribution in [0.5, 0.6) is 11.8 Å². The van der Waals surface area contributed by atoms with Gasteiger partial charge in [0.05, 0.1) is 12.7 Å². The first kappa shape index (κ1) is 11.8. The van der Waals surface area contributed by atoms with E-state index < -0.39 is 17.5 Å². The molecule has 0 aliphatic rings. The van der Waals surface area contributed by atoms with Gasteiger partial charge in [-0.05, 0) is 12.1 Å². The smallest absolute Gasteiger partial charge is 0.336 e. The molecule has 0 aliphatic carbocycles. The summed E-state index contributed by atoms with van der Waals surface area (Å²) in [6.45, 7) is 0. The summed E-state index contributed by atoms with van der Waals surface area (Å²) < 4.78 is 17.5. The number of carbonyl (C=O) groups is 1. The lowest BCUT2D eigenvalue weighted by Gasteiger charge is -2.03. The van der Waals surface area contributed by atoms with E-state index in [-0.39, 0.29) is 17.5 Å². The number of phenolic OH excluding ortho intramolecular Hbond substituents is 1. The van der Waals surface area contributed by atoms with Crippen LogP contribution in [0.4, 0.5) is 10.3 Å². The van der Waals surface area contributed by atoms with Gasteiger partial charge in [-0.3, -0.25) is 10.1 Å². The van der Waals surface area contributed by atoms with E-state index >= 15 is 0 Å². The molecule has 0 radical (unpaired) electrons. The number of phenols is 1. The molecule has 1 aromatic carbocycles. The summed E-state index contributed by atoms with van der Waals surface area (Å²) in [5.41, 5.74) is -0.0771. The largest absolute Gasteiger partial charge is 0.507 e. The summed E-state index contributed by atoms with van der Waals surface area (Å²) in [5, 5.41) is 17.8. The van der Waals surface area contributed by atoms with Crippen LogP contribution in [0.1, 0.15) is 10.4 Å². The molecule has 0 unspecified atom stereocenters. The van der Waals surface area contributed by atoms with Crippen molar-refractivity contribution < 1.29 is 19.0 Å². The summed E-state index contributed by atoms with van der Waals surface area (Å²) in [5.74, 6) is -1.68. The average Bonchev–Trinajstić information content (AvgIpc) is 2.76. The topological polar surface area (TPSA) is 100 Å². The van der Waals surface area contributed by atoms with Crippen molar-refractivity contribution in [1.82, 2.24) is 15.2 Å². The van der Waals surface area contributed by atoms with Crippen molar-refractivity contribution in [3.8, 4) is 11.8 Å². The third-order valence-electron chi connectivity index (χ3n) is 2.08. The lowest BCUT2D eigenvalue weighted by atomic mass is 10.2. The Hall–Kier alpha value is -2.64. The van der Waals surface area contributed by atoms with Gasteiger partial charge in [-0.15, -0.1) is 5.10 Å². The molecule has 0 spiro atoms. The number of ether oxygens (including phenoxy) is 1. The van der Waals surface area contributed by atoms with Crippen molar-refractivity contribution in [1.29, 1.82) is 0 Å². The number of aromatic nitrogens is 3. The molecule has 18 heavy (non-hydrogen) atoms. The van der Waals surface area contributed by atoms with Crippen molar-refractivity contribution in [2.75, 3.05) is 12.4 Å². The van der Waals surface area contributed by atoms with Crippen molar-refractivity contribution >= 4 is 11.9 Å². The number of rotatable bonds is 3. The van der Waals surface area contributed by atoms with Gasteiger partial charge in [0.25, 0.3) is 5.91 Å². The molecule has 0 atom stereocenters. The third kappa shape index (κ3) is 2.37. The van der Waals surface area contributed by atoms with Crippen LogP contribution in [0.15, 0.2) is 18.2 Å². The van der Waals surface area contributed by atoms with Crippen molar-refractivity contribution in [3.05, 3.63) is 29.6 Å². The maximum Gasteiger partial charge on any atom is 0.336 e. The number of methoxy groups -OCH3 is 1. The Morgan fingerprint density at radius 1 is 1.56 bits per heavy atom. The number of aromatic amines is 1. The summed E-state index contributed by atoms with van der Waals surface area (Å²) in [7, 11) is 1.38. The minimum Gasteiger partial charge on any atom is -0.507 e. The van der Waals surface area contributed by atoms with Crippen LogP contribution in [0.25, 0.3) is 0 Å². The van der Waals surface area contributed by atoms with Crippen LogP contribution in [0, 0.1) is 5.82 Å². The zero-order valence-corrected chi connectivity index (χ0v) is 9.27. The molecule has 1 aromatic heterocycles. The first-order valence-corrected chi connectivity index (χ1v) is 4.86. The molecular formula is C10H9FN4O3. The summed E-state index contributed by atoms with van der Waals surface area (Å²) in [6.07, 6.45) is 0. The number of hydrogen-bond donors (Lipinski definition) is 3. The molecule has 1 heterocycles. The van der Waals surface area contributed by atoms with Crippen molar-refractivity contribution in [2.24, 2.45) is 0 Å². The summed E-state index contributed by atoms with van der Waals surface area (Å²) >= 11 is 0. The van der Waals surface area contributed by atoms with Crippen LogP contribution in [0.3, 0.4) is 0 Å². The molecule has 0 bridgehead atoms. The molecular weight excluding hydrogens is 243 g/mol. The van der Waals surface area contributed by atoms with E-state index in [1.54, 1.807) is 0 Å². The SMILES string of the molecule is COc1n[nH]c(NC(=O)c2ccc(F)cc2O)n1. The number of benzene rings is 1. The van der Waals surface area contributed by atoms with Crippen molar-refractivity contribution in [3.63, 3.8) is 0 Å². The third-order valence-corrected chi connectivity index (χ3v) is 2.08. The minimum absolute atomic E-state index is 0.0561. The van der Waals surface area contributed by atoms with E-state index in [1.165, 1.54) is 7.11 Å². The second-order valence-corrected chi connectivity index (χ2v) is 3.29. The van der Waals surface area contributed by atoms with Gasteiger partial charge < -0.3 is 9.84 Å². The van der Waals surface area contributed by atoms with Crippen LogP contribution in [0.2, 0.25) is 0 Å². The lowest BCUT2D eigenvalue weighted by Crippen LogP contribution is -2.13. The molecule has 1 amide bonds. The number of H-pyrrole nitrogens is 1.